The minimum absolute atomic E-state index is 0.281. The maximum atomic E-state index is 6.21. The van der Waals surface area contributed by atoms with E-state index in [9.17, 15) is 0 Å². The van der Waals surface area contributed by atoms with Gasteiger partial charge in [-0.2, -0.15) is 5.21 Å². The van der Waals surface area contributed by atoms with Gasteiger partial charge in [-0.25, -0.2) is 4.99 Å². The largest absolute Gasteiger partial charge is 0.383 e. The van der Waals surface area contributed by atoms with E-state index in [4.69, 9.17) is 11.5 Å². The number of tetrazole rings is 1. The van der Waals surface area contributed by atoms with E-state index in [0.29, 0.717) is 17.8 Å². The summed E-state index contributed by atoms with van der Waals surface area (Å²) in [5.74, 6) is -0.317. The molecular weight excluding hydrogens is 256 g/mol. The number of H-pyrrole nitrogens is 1. The molecule has 3 rings (SSSR count). The smallest absolute Gasteiger partial charge is 0.209 e. The van der Waals surface area contributed by atoms with Gasteiger partial charge in [-0.1, -0.05) is 30.3 Å². The summed E-state index contributed by atoms with van der Waals surface area (Å²) in [6.45, 7) is 0. The Kier molecular flexibility index (Phi) is 2.92. The number of rotatable bonds is 3. The third-order valence-corrected chi connectivity index (χ3v) is 2.97. The van der Waals surface area contributed by atoms with Crippen molar-refractivity contribution >= 4 is 11.4 Å². The Morgan fingerprint density at radius 2 is 2.00 bits per heavy atom. The maximum absolute atomic E-state index is 6.21. The summed E-state index contributed by atoms with van der Waals surface area (Å²) < 4.78 is 0. The Morgan fingerprint density at radius 1 is 1.20 bits per heavy atom. The van der Waals surface area contributed by atoms with Crippen molar-refractivity contribution in [3.05, 3.63) is 47.9 Å². The van der Waals surface area contributed by atoms with Crippen LogP contribution in [0.3, 0.4) is 0 Å². The highest BCUT2D eigenvalue weighted by Crippen LogP contribution is 2.18. The van der Waals surface area contributed by atoms with Crippen molar-refractivity contribution in [2.75, 3.05) is 0 Å². The molecule has 0 spiro atoms. The highest BCUT2D eigenvalue weighted by Gasteiger charge is 2.29. The summed E-state index contributed by atoms with van der Waals surface area (Å²) >= 11 is 0. The van der Waals surface area contributed by atoms with Crippen LogP contribution in [0.25, 0.3) is 5.57 Å². The Bertz CT molecular complexity index is 645. The van der Waals surface area contributed by atoms with Crippen LogP contribution in [0.1, 0.15) is 11.4 Å². The van der Waals surface area contributed by atoms with E-state index < -0.39 is 5.79 Å². The summed E-state index contributed by atoms with van der Waals surface area (Å²) in [5.41, 5.74) is 13.8. The molecule has 102 valence electrons. The van der Waals surface area contributed by atoms with Gasteiger partial charge < -0.3 is 11.1 Å². The molecule has 0 amide bonds. The lowest BCUT2D eigenvalue weighted by molar-refractivity contribution is 0.391. The van der Waals surface area contributed by atoms with Gasteiger partial charge in [0.25, 0.3) is 0 Å². The summed E-state index contributed by atoms with van der Waals surface area (Å²) in [7, 11) is 0. The van der Waals surface area contributed by atoms with Gasteiger partial charge in [0.1, 0.15) is 5.84 Å². The molecule has 0 saturated carbocycles. The molecule has 1 aromatic carbocycles. The van der Waals surface area contributed by atoms with Crippen LogP contribution in [0.5, 0.6) is 0 Å². The van der Waals surface area contributed by atoms with Crippen LogP contribution in [-0.2, 0) is 6.42 Å². The molecule has 1 aromatic heterocycles. The van der Waals surface area contributed by atoms with Gasteiger partial charge >= 0.3 is 0 Å². The van der Waals surface area contributed by atoms with Crippen molar-refractivity contribution in [1.29, 1.82) is 0 Å². The Hall–Kier alpha value is -2.74. The first-order valence-electron chi connectivity index (χ1n) is 6.06. The predicted molar refractivity (Wildman–Crippen MR) is 74.0 cm³/mol. The fraction of sp³-hybridized carbons (Fsp3) is 0.167. The van der Waals surface area contributed by atoms with Gasteiger partial charge in [0.05, 0.1) is 5.57 Å². The molecule has 1 aliphatic heterocycles. The van der Waals surface area contributed by atoms with Crippen molar-refractivity contribution in [3.63, 3.8) is 0 Å². The summed E-state index contributed by atoms with van der Waals surface area (Å²) in [4.78, 5) is 4.32. The zero-order valence-electron chi connectivity index (χ0n) is 10.6. The van der Waals surface area contributed by atoms with E-state index in [1.165, 1.54) is 0 Å². The number of aromatic nitrogens is 4. The molecule has 1 aliphatic rings. The Balaban J connectivity index is 1.82. The van der Waals surface area contributed by atoms with E-state index in [1.807, 2.05) is 30.3 Å². The first-order chi connectivity index (χ1) is 9.66. The third kappa shape index (κ3) is 2.36. The minimum atomic E-state index is -0.974. The molecule has 2 aromatic rings. The number of benzene rings is 1. The number of nitrogens with zero attached hydrogens (tertiary/aromatic N) is 4. The van der Waals surface area contributed by atoms with E-state index in [0.717, 1.165) is 5.56 Å². The number of hydrogen-bond acceptors (Lipinski definition) is 7. The van der Waals surface area contributed by atoms with E-state index >= 15 is 0 Å². The van der Waals surface area contributed by atoms with Crippen molar-refractivity contribution in [2.24, 2.45) is 16.5 Å². The summed E-state index contributed by atoms with van der Waals surface area (Å²) in [5, 5.41) is 16.6. The lowest BCUT2D eigenvalue weighted by Gasteiger charge is -2.30. The van der Waals surface area contributed by atoms with Crippen LogP contribution in [0.2, 0.25) is 0 Å². The molecule has 8 heteroatoms. The number of hydrogen-bond donors (Lipinski definition) is 4. The number of aromatic amines is 1. The fourth-order valence-electron chi connectivity index (χ4n) is 2.03. The van der Waals surface area contributed by atoms with Crippen molar-refractivity contribution < 1.29 is 0 Å². The Labute approximate surface area is 115 Å². The van der Waals surface area contributed by atoms with E-state index in [2.05, 4.69) is 30.9 Å². The molecular formula is C12H14N8. The van der Waals surface area contributed by atoms with Crippen LogP contribution >= 0.6 is 0 Å². The zero-order chi connectivity index (χ0) is 14.0. The van der Waals surface area contributed by atoms with Gasteiger partial charge in [-0.15, -0.1) is 10.2 Å². The average molecular weight is 270 g/mol. The topological polar surface area (TPSA) is 131 Å². The lowest BCUT2D eigenvalue weighted by atomic mass is 10.1. The summed E-state index contributed by atoms with van der Waals surface area (Å²) in [6, 6.07) is 9.83. The average Bonchev–Trinajstić information content (AvgIpc) is 2.93. The number of nitrogens with one attached hydrogen (secondary N) is 2. The first kappa shape index (κ1) is 12.3. The number of nitrogens with two attached hydrogens (primary N) is 2. The van der Waals surface area contributed by atoms with Gasteiger partial charge in [-0.3, -0.25) is 5.73 Å². The van der Waals surface area contributed by atoms with Crippen molar-refractivity contribution in [1.82, 2.24) is 25.9 Å². The Morgan fingerprint density at radius 3 is 2.65 bits per heavy atom. The van der Waals surface area contributed by atoms with Crippen LogP contribution in [0.15, 0.2) is 41.5 Å². The molecule has 0 fully saturated rings. The van der Waals surface area contributed by atoms with Gasteiger partial charge in [-0.05, 0) is 10.8 Å². The fourth-order valence-corrected chi connectivity index (χ4v) is 2.03. The van der Waals surface area contributed by atoms with Crippen LogP contribution < -0.4 is 16.8 Å². The second-order valence-electron chi connectivity index (χ2n) is 4.52. The highest BCUT2D eigenvalue weighted by molar-refractivity contribution is 6.21. The lowest BCUT2D eigenvalue weighted by Crippen LogP contribution is -2.54. The molecule has 1 unspecified atom stereocenters. The molecule has 1 atom stereocenters. The van der Waals surface area contributed by atoms with E-state index in [1.54, 1.807) is 6.20 Å². The summed E-state index contributed by atoms with van der Waals surface area (Å²) in [6.07, 6.45) is 2.18. The third-order valence-electron chi connectivity index (χ3n) is 2.97. The SMILES string of the molecule is NC1=NC(N)(Cc2ccccc2)NC=C1c1nn[nH]n1. The molecule has 0 aliphatic carbocycles. The quantitative estimate of drug-likeness (QED) is 0.586. The standard InChI is InChI=1S/C12H14N8/c13-10-9(11-17-19-20-18-11)7-15-12(14,16-10)6-8-4-2-1-3-5-8/h1-5,7,15H,6,14H2,(H2,13,16)(H,17,18,19,20). The van der Waals surface area contributed by atoms with Crippen LogP contribution in [0, 0.1) is 0 Å². The van der Waals surface area contributed by atoms with Crippen molar-refractivity contribution in [2.45, 2.75) is 12.2 Å². The second kappa shape index (κ2) is 4.74. The van der Waals surface area contributed by atoms with E-state index in [-0.39, 0.29) is 5.84 Å². The number of amidine groups is 1. The zero-order valence-corrected chi connectivity index (χ0v) is 10.6. The number of aliphatic imine (C=N–C) groups is 1. The van der Waals surface area contributed by atoms with Gasteiger partial charge in [0, 0.05) is 12.6 Å². The van der Waals surface area contributed by atoms with Gasteiger partial charge in [0.15, 0.2) is 5.79 Å². The minimum Gasteiger partial charge on any atom is -0.383 e. The monoisotopic (exact) mass is 270 g/mol. The van der Waals surface area contributed by atoms with Crippen LogP contribution in [-0.4, -0.2) is 32.2 Å². The molecule has 8 nitrogen and oxygen atoms in total. The molecule has 20 heavy (non-hydrogen) atoms. The highest BCUT2D eigenvalue weighted by atomic mass is 15.5. The molecule has 2 heterocycles. The maximum Gasteiger partial charge on any atom is 0.209 e. The second-order valence-corrected chi connectivity index (χ2v) is 4.52. The first-order valence-corrected chi connectivity index (χ1v) is 6.06. The van der Waals surface area contributed by atoms with Crippen molar-refractivity contribution in [3.8, 4) is 0 Å². The van der Waals surface area contributed by atoms with Gasteiger partial charge in [0.2, 0.25) is 5.82 Å². The normalized spacial score (nSPS) is 21.9. The predicted octanol–water partition coefficient (Wildman–Crippen LogP) is -0.644. The molecule has 0 radical (unpaired) electrons. The molecule has 6 N–H and O–H groups in total. The molecule has 0 bridgehead atoms. The molecule has 0 saturated heterocycles. The van der Waals surface area contributed by atoms with Crippen LogP contribution in [0.4, 0.5) is 0 Å².